The minimum Gasteiger partial charge on any atom is -0.423 e. The molecule has 0 atom stereocenters. The molecule has 0 spiro atoms. The fraction of sp³-hybridized carbons (Fsp3) is 0.188. The molecule has 2 aromatic carbocycles. The quantitative estimate of drug-likeness (QED) is 0.363. The smallest absolute Gasteiger partial charge is 0.423 e. The first-order chi connectivity index (χ1) is 13.7. The normalized spacial score (nSPS) is 15.8. The molecule has 0 aromatic heterocycles. The van der Waals surface area contributed by atoms with Gasteiger partial charge in [-0.3, -0.25) is 9.69 Å². The summed E-state index contributed by atoms with van der Waals surface area (Å²) in [5, 5.41) is 0. The summed E-state index contributed by atoms with van der Waals surface area (Å²) >= 11 is 0. The number of amides is 1. The van der Waals surface area contributed by atoms with Gasteiger partial charge in [-0.15, -0.1) is 0 Å². The van der Waals surface area contributed by atoms with Crippen LogP contribution in [-0.4, -0.2) is 24.7 Å². The van der Waals surface area contributed by atoms with E-state index in [4.69, 9.17) is 0 Å². The number of carbonyl (C=O) groups excluding carboxylic acids is 1. The van der Waals surface area contributed by atoms with Crippen LogP contribution in [0.1, 0.15) is 0 Å². The molecular formula is C16H4F11NO2. The van der Waals surface area contributed by atoms with Gasteiger partial charge in [0.25, 0.3) is 0 Å². The van der Waals surface area contributed by atoms with E-state index < -0.39 is 87.1 Å². The number of rotatable bonds is 2. The van der Waals surface area contributed by atoms with Gasteiger partial charge in [-0.1, -0.05) is 0 Å². The van der Waals surface area contributed by atoms with E-state index in [0.29, 0.717) is 0 Å². The lowest BCUT2D eigenvalue weighted by molar-refractivity contribution is -0.195. The van der Waals surface area contributed by atoms with Crippen molar-refractivity contribution in [1.82, 2.24) is 0 Å². The number of fused-ring (bicyclic) bond motifs is 1. The molecule has 14 heteroatoms. The van der Waals surface area contributed by atoms with Gasteiger partial charge in [-0.25, -0.2) is 26.3 Å². The average Bonchev–Trinajstić information content (AvgIpc) is 2.62. The molecule has 1 aliphatic rings. The van der Waals surface area contributed by atoms with Gasteiger partial charge in [0.1, 0.15) is 12.4 Å². The van der Waals surface area contributed by atoms with Gasteiger partial charge < -0.3 is 4.74 Å². The van der Waals surface area contributed by atoms with Crippen molar-refractivity contribution in [3.63, 3.8) is 0 Å². The number of ether oxygens (including phenoxy) is 1. The van der Waals surface area contributed by atoms with Crippen molar-refractivity contribution < 1.29 is 57.8 Å². The molecule has 0 radical (unpaired) electrons. The van der Waals surface area contributed by atoms with Crippen LogP contribution in [0.5, 0.6) is 5.75 Å². The number of nitrogens with zero attached hydrogens (tertiary/aromatic N) is 1. The Labute approximate surface area is 158 Å². The van der Waals surface area contributed by atoms with E-state index in [1.165, 1.54) is 0 Å². The van der Waals surface area contributed by atoms with E-state index in [1.54, 1.807) is 0 Å². The molecule has 3 nitrogen and oxygen atoms in total. The van der Waals surface area contributed by atoms with Crippen molar-refractivity contribution in [3.8, 4) is 16.9 Å². The Morgan fingerprint density at radius 2 is 1.37 bits per heavy atom. The molecule has 1 heterocycles. The summed E-state index contributed by atoms with van der Waals surface area (Å²) in [4.78, 5) is 11.0. The van der Waals surface area contributed by atoms with E-state index in [-0.39, 0.29) is 12.1 Å². The minimum atomic E-state index is -5.26. The first-order valence-corrected chi connectivity index (χ1v) is 7.46. The van der Waals surface area contributed by atoms with Crippen molar-refractivity contribution in [2.75, 3.05) is 11.4 Å². The molecule has 0 saturated heterocycles. The number of hydrogen-bond acceptors (Lipinski definition) is 2. The monoisotopic (exact) mass is 451 g/mol. The summed E-state index contributed by atoms with van der Waals surface area (Å²) in [7, 11) is 0. The van der Waals surface area contributed by atoms with Crippen molar-refractivity contribution in [1.29, 1.82) is 0 Å². The van der Waals surface area contributed by atoms with Crippen LogP contribution < -0.4 is 9.64 Å². The summed E-state index contributed by atoms with van der Waals surface area (Å²) in [6, 6.07) is -0.0474. The highest BCUT2D eigenvalue weighted by Crippen LogP contribution is 2.45. The molecule has 2 aromatic rings. The molecule has 0 fully saturated rings. The van der Waals surface area contributed by atoms with Crippen LogP contribution >= 0.6 is 0 Å². The average molecular weight is 451 g/mol. The van der Waals surface area contributed by atoms with E-state index in [1.807, 2.05) is 0 Å². The van der Waals surface area contributed by atoms with Crippen molar-refractivity contribution in [3.05, 3.63) is 47.0 Å². The van der Waals surface area contributed by atoms with Gasteiger partial charge >= 0.3 is 18.2 Å². The highest BCUT2D eigenvalue weighted by atomic mass is 19.4. The lowest BCUT2D eigenvalue weighted by atomic mass is 10.0. The molecule has 0 saturated carbocycles. The Balaban J connectivity index is 2.30. The Hall–Kier alpha value is -3.06. The minimum absolute atomic E-state index is 0.0296. The van der Waals surface area contributed by atoms with Gasteiger partial charge in [0.2, 0.25) is 5.82 Å². The highest BCUT2D eigenvalue weighted by molar-refractivity contribution is 6.01. The highest BCUT2D eigenvalue weighted by Gasteiger charge is 2.53. The van der Waals surface area contributed by atoms with Gasteiger partial charge in [0, 0.05) is 11.6 Å². The molecule has 3 rings (SSSR count). The van der Waals surface area contributed by atoms with Gasteiger partial charge in [-0.05, 0) is 6.07 Å². The Morgan fingerprint density at radius 3 is 1.87 bits per heavy atom. The van der Waals surface area contributed by atoms with Crippen LogP contribution in [0.15, 0.2) is 12.1 Å². The fourth-order valence-electron chi connectivity index (χ4n) is 2.65. The van der Waals surface area contributed by atoms with Crippen LogP contribution in [0.3, 0.4) is 0 Å². The topological polar surface area (TPSA) is 29.5 Å². The van der Waals surface area contributed by atoms with E-state index in [2.05, 4.69) is 4.74 Å². The first-order valence-electron chi connectivity index (χ1n) is 7.46. The second kappa shape index (κ2) is 6.74. The molecule has 0 aliphatic carbocycles. The van der Waals surface area contributed by atoms with Gasteiger partial charge in [-0.2, -0.15) is 22.0 Å². The van der Waals surface area contributed by atoms with Crippen LogP contribution in [0.2, 0.25) is 0 Å². The largest absolute Gasteiger partial charge is 0.482 e. The number of alkyl halides is 5. The van der Waals surface area contributed by atoms with Crippen molar-refractivity contribution in [2.45, 2.75) is 12.3 Å². The lowest BCUT2D eigenvalue weighted by Gasteiger charge is -2.34. The van der Waals surface area contributed by atoms with Crippen LogP contribution in [0.25, 0.3) is 11.1 Å². The summed E-state index contributed by atoms with van der Waals surface area (Å²) in [5.74, 6) is -18.4. The van der Waals surface area contributed by atoms with Gasteiger partial charge in [0.05, 0.1) is 11.3 Å². The van der Waals surface area contributed by atoms with E-state index >= 15 is 0 Å². The molecule has 1 aliphatic heterocycles. The molecule has 1 amide bonds. The Bertz CT molecular complexity index is 1040. The Kier molecular flexibility index (Phi) is 4.86. The van der Waals surface area contributed by atoms with Crippen molar-refractivity contribution in [2.24, 2.45) is 0 Å². The maximum atomic E-state index is 14.3. The lowest BCUT2D eigenvalue weighted by Crippen LogP contribution is -2.53. The second-order valence-electron chi connectivity index (χ2n) is 5.87. The zero-order valence-corrected chi connectivity index (χ0v) is 13.8. The SMILES string of the molecule is O=C1N(CC(F)(F)F)c2cc(-c3c(F)c(F)c(F)c(F)c3F)c(F)cc2OC1(F)F. The van der Waals surface area contributed by atoms with E-state index in [0.717, 1.165) is 0 Å². The third-order valence-corrected chi connectivity index (χ3v) is 3.89. The van der Waals surface area contributed by atoms with Crippen LogP contribution in [-0.2, 0) is 4.79 Å². The molecular weight excluding hydrogens is 447 g/mol. The van der Waals surface area contributed by atoms with Crippen molar-refractivity contribution >= 4 is 11.6 Å². The summed E-state index contributed by atoms with van der Waals surface area (Å²) in [5.41, 5.74) is -4.61. The zero-order chi connectivity index (χ0) is 22.8. The van der Waals surface area contributed by atoms with Gasteiger partial charge in [0.15, 0.2) is 29.0 Å². The number of halogens is 11. The standard InChI is InChI=1S/C16H4F11NO2/c17-5-2-7-6(28(3-15(23,24)25)14(29)16(26,27)30-7)1-4(5)8-9(18)11(20)13(22)12(21)10(8)19/h1-2H,3H2. The van der Waals surface area contributed by atoms with E-state index in [9.17, 15) is 53.1 Å². The molecule has 162 valence electrons. The zero-order valence-electron chi connectivity index (χ0n) is 13.8. The summed E-state index contributed by atoms with van der Waals surface area (Å²) in [6.07, 6.45) is -10.1. The Morgan fingerprint density at radius 1 is 0.867 bits per heavy atom. The first kappa shape index (κ1) is 21.6. The summed E-state index contributed by atoms with van der Waals surface area (Å²) < 4.78 is 151. The number of anilines is 1. The number of hydrogen-bond donors (Lipinski definition) is 0. The third-order valence-electron chi connectivity index (χ3n) is 3.89. The number of benzene rings is 2. The predicted octanol–water partition coefficient (Wildman–Crippen LogP) is 5.07. The second-order valence-corrected chi connectivity index (χ2v) is 5.87. The molecule has 0 N–H and O–H groups in total. The van der Waals surface area contributed by atoms with Crippen LogP contribution in [0, 0.1) is 34.9 Å². The number of carbonyl (C=O) groups is 1. The maximum absolute atomic E-state index is 14.3. The third kappa shape index (κ3) is 3.39. The fourth-order valence-corrected chi connectivity index (χ4v) is 2.65. The maximum Gasteiger partial charge on any atom is 0.482 e. The predicted molar refractivity (Wildman–Crippen MR) is 75.6 cm³/mol. The summed E-state index contributed by atoms with van der Waals surface area (Å²) in [6.45, 7) is -2.35. The van der Waals surface area contributed by atoms with Crippen LogP contribution in [0.4, 0.5) is 54.0 Å². The molecule has 0 unspecified atom stereocenters. The molecule has 0 bridgehead atoms. The molecule has 30 heavy (non-hydrogen) atoms.